The predicted octanol–water partition coefficient (Wildman–Crippen LogP) is 1.82. The van der Waals surface area contributed by atoms with Crippen molar-refractivity contribution in [3.05, 3.63) is 30.1 Å². The van der Waals surface area contributed by atoms with Gasteiger partial charge >= 0.3 is 0 Å². The number of nitrogens with two attached hydrogens (primary N) is 1. The number of hydrogen-bond donors (Lipinski definition) is 3. The summed E-state index contributed by atoms with van der Waals surface area (Å²) in [6, 6.07) is 6.10. The third kappa shape index (κ3) is 2.66. The Hall–Kier alpha value is -2.30. The molecule has 0 atom stereocenters. The molecule has 0 spiro atoms. The van der Waals surface area contributed by atoms with Gasteiger partial charge in [-0.1, -0.05) is 0 Å². The number of carbonyl (C=O) groups is 1. The zero-order valence-corrected chi connectivity index (χ0v) is 11.4. The van der Waals surface area contributed by atoms with Crippen LogP contribution < -0.4 is 16.4 Å². The first-order valence-electron chi connectivity index (χ1n) is 6.81. The molecule has 5 nitrogen and oxygen atoms in total. The van der Waals surface area contributed by atoms with Crippen LogP contribution in [0, 0.1) is 6.92 Å². The molecular formula is C15H18N4O. The number of nitrogen functional groups attached to an aromatic ring is 1. The number of fused-ring (bicyclic) bond motifs is 1. The monoisotopic (exact) mass is 270 g/mol. The molecule has 1 heterocycles. The fourth-order valence-electron chi connectivity index (χ4n) is 2.20. The molecule has 0 bridgehead atoms. The molecule has 0 radical (unpaired) electrons. The van der Waals surface area contributed by atoms with Crippen LogP contribution in [0.15, 0.2) is 24.4 Å². The standard InChI is InChI=1S/C15H18N4O/c1-9-6-11-12(7-17-9)13(16)4-5-14(11)18-8-15(20)19-10-2-3-10/h4-7,10,18H,2-3,8,16H2,1H3,(H,19,20). The number of rotatable bonds is 4. The van der Waals surface area contributed by atoms with Gasteiger partial charge in [-0.25, -0.2) is 0 Å². The lowest BCUT2D eigenvalue weighted by Crippen LogP contribution is -2.31. The quantitative estimate of drug-likeness (QED) is 0.740. The van der Waals surface area contributed by atoms with Gasteiger partial charge < -0.3 is 16.4 Å². The number of carbonyl (C=O) groups excluding carboxylic acids is 1. The Morgan fingerprint density at radius 2 is 2.20 bits per heavy atom. The Morgan fingerprint density at radius 3 is 2.95 bits per heavy atom. The number of nitrogens with zero attached hydrogens (tertiary/aromatic N) is 1. The van der Waals surface area contributed by atoms with E-state index in [1.807, 2.05) is 25.1 Å². The minimum absolute atomic E-state index is 0.0308. The Morgan fingerprint density at radius 1 is 1.40 bits per heavy atom. The van der Waals surface area contributed by atoms with Gasteiger partial charge in [-0.3, -0.25) is 9.78 Å². The van der Waals surface area contributed by atoms with E-state index in [0.29, 0.717) is 11.7 Å². The van der Waals surface area contributed by atoms with E-state index in [-0.39, 0.29) is 12.5 Å². The van der Waals surface area contributed by atoms with Crippen LogP contribution in [0.5, 0.6) is 0 Å². The third-order valence-electron chi connectivity index (χ3n) is 3.45. The van der Waals surface area contributed by atoms with Gasteiger partial charge in [-0.2, -0.15) is 0 Å². The Labute approximate surface area is 117 Å². The molecular weight excluding hydrogens is 252 g/mol. The van der Waals surface area contributed by atoms with Crippen LogP contribution in [0.1, 0.15) is 18.5 Å². The second-order valence-corrected chi connectivity index (χ2v) is 5.27. The first kappa shape index (κ1) is 12.7. The molecule has 1 fully saturated rings. The van der Waals surface area contributed by atoms with Gasteiger partial charge in [0.15, 0.2) is 0 Å². The highest BCUT2D eigenvalue weighted by Crippen LogP contribution is 2.28. The van der Waals surface area contributed by atoms with Crippen molar-refractivity contribution < 1.29 is 4.79 Å². The maximum Gasteiger partial charge on any atom is 0.239 e. The number of aromatic nitrogens is 1. The molecule has 4 N–H and O–H groups in total. The van der Waals surface area contributed by atoms with Gasteiger partial charge in [-0.15, -0.1) is 0 Å². The molecule has 0 unspecified atom stereocenters. The van der Waals surface area contributed by atoms with E-state index in [4.69, 9.17) is 5.73 Å². The molecule has 0 aliphatic heterocycles. The van der Waals surface area contributed by atoms with Crippen LogP contribution in [-0.4, -0.2) is 23.5 Å². The van der Waals surface area contributed by atoms with E-state index in [1.54, 1.807) is 6.20 Å². The fraction of sp³-hybridized carbons (Fsp3) is 0.333. The largest absolute Gasteiger partial charge is 0.398 e. The second kappa shape index (κ2) is 5.00. The summed E-state index contributed by atoms with van der Waals surface area (Å²) in [6.07, 6.45) is 3.97. The lowest BCUT2D eigenvalue weighted by molar-refractivity contribution is -0.119. The number of anilines is 2. The van der Waals surface area contributed by atoms with Gasteiger partial charge in [0.05, 0.1) is 6.54 Å². The van der Waals surface area contributed by atoms with E-state index in [0.717, 1.165) is 35.0 Å². The second-order valence-electron chi connectivity index (χ2n) is 5.27. The summed E-state index contributed by atoms with van der Waals surface area (Å²) < 4.78 is 0. The van der Waals surface area contributed by atoms with Crippen molar-refractivity contribution >= 4 is 28.1 Å². The number of aryl methyl sites for hydroxylation is 1. The Bertz CT molecular complexity index is 664. The number of amides is 1. The average molecular weight is 270 g/mol. The number of pyridine rings is 1. The van der Waals surface area contributed by atoms with Crippen LogP contribution in [0.2, 0.25) is 0 Å². The first-order chi connectivity index (χ1) is 9.63. The Balaban J connectivity index is 1.81. The summed E-state index contributed by atoms with van der Waals surface area (Å²) in [7, 11) is 0. The summed E-state index contributed by atoms with van der Waals surface area (Å²) >= 11 is 0. The number of hydrogen-bond acceptors (Lipinski definition) is 4. The zero-order chi connectivity index (χ0) is 14.1. The van der Waals surface area contributed by atoms with E-state index in [2.05, 4.69) is 15.6 Å². The molecule has 104 valence electrons. The number of nitrogens with one attached hydrogen (secondary N) is 2. The highest BCUT2D eigenvalue weighted by atomic mass is 16.2. The SMILES string of the molecule is Cc1cc2c(NCC(=O)NC3CC3)ccc(N)c2cn1. The molecule has 0 saturated heterocycles. The van der Waals surface area contributed by atoms with Crippen LogP contribution in [-0.2, 0) is 4.79 Å². The summed E-state index contributed by atoms with van der Waals surface area (Å²) in [5, 5.41) is 8.04. The van der Waals surface area contributed by atoms with Crippen molar-refractivity contribution in [2.75, 3.05) is 17.6 Å². The molecule has 1 aliphatic rings. The predicted molar refractivity (Wildman–Crippen MR) is 80.5 cm³/mol. The molecule has 1 saturated carbocycles. The van der Waals surface area contributed by atoms with Crippen LogP contribution in [0.4, 0.5) is 11.4 Å². The molecule has 1 amide bonds. The van der Waals surface area contributed by atoms with Crippen LogP contribution in [0.25, 0.3) is 10.8 Å². The molecule has 3 rings (SSSR count). The number of benzene rings is 1. The smallest absolute Gasteiger partial charge is 0.239 e. The molecule has 5 heteroatoms. The van der Waals surface area contributed by atoms with Crippen molar-refractivity contribution in [2.24, 2.45) is 0 Å². The van der Waals surface area contributed by atoms with Crippen molar-refractivity contribution in [3.8, 4) is 0 Å². The van der Waals surface area contributed by atoms with Crippen molar-refractivity contribution in [3.63, 3.8) is 0 Å². The Kier molecular flexibility index (Phi) is 3.18. The van der Waals surface area contributed by atoms with E-state index in [1.165, 1.54) is 0 Å². The average Bonchev–Trinajstić information content (AvgIpc) is 3.22. The zero-order valence-electron chi connectivity index (χ0n) is 11.4. The molecule has 1 aromatic carbocycles. The maximum atomic E-state index is 11.7. The van der Waals surface area contributed by atoms with Gasteiger partial charge in [0.25, 0.3) is 0 Å². The normalized spacial score (nSPS) is 14.2. The lowest BCUT2D eigenvalue weighted by atomic mass is 10.1. The first-order valence-corrected chi connectivity index (χ1v) is 6.81. The fourth-order valence-corrected chi connectivity index (χ4v) is 2.20. The highest BCUT2D eigenvalue weighted by molar-refractivity contribution is 6.01. The minimum Gasteiger partial charge on any atom is -0.398 e. The van der Waals surface area contributed by atoms with Crippen LogP contribution >= 0.6 is 0 Å². The highest BCUT2D eigenvalue weighted by Gasteiger charge is 2.22. The lowest BCUT2D eigenvalue weighted by Gasteiger charge is -2.11. The van der Waals surface area contributed by atoms with Crippen molar-refractivity contribution in [1.82, 2.24) is 10.3 Å². The molecule has 1 aliphatic carbocycles. The van der Waals surface area contributed by atoms with Crippen molar-refractivity contribution in [2.45, 2.75) is 25.8 Å². The van der Waals surface area contributed by atoms with Gasteiger partial charge in [0.2, 0.25) is 5.91 Å². The topological polar surface area (TPSA) is 80.0 Å². The maximum absolute atomic E-state index is 11.7. The van der Waals surface area contributed by atoms with E-state index < -0.39 is 0 Å². The van der Waals surface area contributed by atoms with E-state index in [9.17, 15) is 4.79 Å². The van der Waals surface area contributed by atoms with Gasteiger partial charge in [-0.05, 0) is 38.0 Å². The summed E-state index contributed by atoms with van der Waals surface area (Å²) in [5.41, 5.74) is 8.49. The summed E-state index contributed by atoms with van der Waals surface area (Å²) in [5.74, 6) is 0.0308. The third-order valence-corrected chi connectivity index (χ3v) is 3.45. The van der Waals surface area contributed by atoms with Gasteiger partial charge in [0, 0.05) is 40.1 Å². The molecule has 1 aromatic heterocycles. The molecule has 2 aromatic rings. The molecule has 20 heavy (non-hydrogen) atoms. The summed E-state index contributed by atoms with van der Waals surface area (Å²) in [6.45, 7) is 2.21. The van der Waals surface area contributed by atoms with E-state index >= 15 is 0 Å². The summed E-state index contributed by atoms with van der Waals surface area (Å²) in [4.78, 5) is 16.0. The van der Waals surface area contributed by atoms with Crippen molar-refractivity contribution in [1.29, 1.82) is 0 Å². The van der Waals surface area contributed by atoms with Crippen LogP contribution in [0.3, 0.4) is 0 Å². The minimum atomic E-state index is 0.0308. The van der Waals surface area contributed by atoms with Gasteiger partial charge in [0.1, 0.15) is 0 Å².